The topological polar surface area (TPSA) is 22.1 Å². The van der Waals surface area contributed by atoms with E-state index in [1.807, 2.05) is 12.1 Å². The van der Waals surface area contributed by atoms with Crippen molar-refractivity contribution < 1.29 is 9.13 Å². The molecule has 1 aromatic heterocycles. The summed E-state index contributed by atoms with van der Waals surface area (Å²) >= 11 is 12.2. The zero-order valence-corrected chi connectivity index (χ0v) is 12.9. The number of aromatic nitrogens is 1. The smallest absolute Gasteiger partial charge is 0.145 e. The van der Waals surface area contributed by atoms with Crippen molar-refractivity contribution in [3.8, 4) is 5.75 Å². The Morgan fingerprint density at radius 1 is 1.28 bits per heavy atom. The van der Waals surface area contributed by atoms with Crippen molar-refractivity contribution in [2.75, 3.05) is 0 Å². The maximum atomic E-state index is 13.3. The average Bonchev–Trinajstić information content (AvgIpc) is 2.34. The Balaban J connectivity index is 2.10. The molecule has 1 aromatic carbocycles. The van der Waals surface area contributed by atoms with Crippen LogP contribution in [0.15, 0.2) is 39.4 Å². The maximum absolute atomic E-state index is 13.3. The Kier molecular flexibility index (Phi) is 4.59. The minimum atomic E-state index is -0.515. The zero-order chi connectivity index (χ0) is 13.1. The molecule has 18 heavy (non-hydrogen) atoms. The lowest BCUT2D eigenvalue weighted by atomic mass is 10.3. The molecular formula is C12H7Br2ClFNO. The van der Waals surface area contributed by atoms with Crippen LogP contribution in [0.1, 0.15) is 5.69 Å². The number of halogens is 4. The molecule has 1 heterocycles. The van der Waals surface area contributed by atoms with E-state index in [-0.39, 0.29) is 11.6 Å². The van der Waals surface area contributed by atoms with Gasteiger partial charge in [-0.05, 0) is 50.1 Å². The molecule has 0 atom stereocenters. The lowest BCUT2D eigenvalue weighted by molar-refractivity contribution is 0.298. The van der Waals surface area contributed by atoms with Crippen LogP contribution in [0.5, 0.6) is 5.75 Å². The molecule has 0 aliphatic heterocycles. The van der Waals surface area contributed by atoms with Crippen molar-refractivity contribution in [1.82, 2.24) is 4.98 Å². The van der Waals surface area contributed by atoms with E-state index < -0.39 is 5.82 Å². The quantitative estimate of drug-likeness (QED) is 0.684. The van der Waals surface area contributed by atoms with Gasteiger partial charge in [-0.25, -0.2) is 4.39 Å². The lowest BCUT2D eigenvalue weighted by Gasteiger charge is -2.08. The molecule has 0 fully saturated rings. The number of nitrogens with zero attached hydrogens (tertiary/aromatic N) is 1. The summed E-state index contributed by atoms with van der Waals surface area (Å²) in [5.74, 6) is -0.125. The van der Waals surface area contributed by atoms with E-state index in [9.17, 15) is 4.39 Å². The highest BCUT2D eigenvalue weighted by atomic mass is 79.9. The Labute approximate surface area is 125 Å². The van der Waals surface area contributed by atoms with Gasteiger partial charge in [-0.3, -0.25) is 4.98 Å². The Morgan fingerprint density at radius 2 is 2.06 bits per heavy atom. The highest BCUT2D eigenvalue weighted by Crippen LogP contribution is 2.30. The van der Waals surface area contributed by atoms with Gasteiger partial charge in [-0.15, -0.1) is 0 Å². The fourth-order valence-electron chi connectivity index (χ4n) is 1.26. The van der Waals surface area contributed by atoms with Gasteiger partial charge in [0, 0.05) is 16.7 Å². The van der Waals surface area contributed by atoms with Crippen molar-refractivity contribution in [2.45, 2.75) is 6.61 Å². The molecular weight excluding hydrogens is 388 g/mol. The van der Waals surface area contributed by atoms with Crippen molar-refractivity contribution >= 4 is 43.5 Å². The Bertz CT molecular complexity index is 563. The summed E-state index contributed by atoms with van der Waals surface area (Å²) in [5, 5.41) is 0.0518. The van der Waals surface area contributed by atoms with Crippen LogP contribution in [0.25, 0.3) is 0 Å². The third-order valence-corrected chi connectivity index (χ3v) is 3.52. The van der Waals surface area contributed by atoms with Crippen LogP contribution in [0.2, 0.25) is 5.02 Å². The fraction of sp³-hybridized carbons (Fsp3) is 0.0833. The number of rotatable bonds is 3. The van der Waals surface area contributed by atoms with Crippen molar-refractivity contribution in [3.63, 3.8) is 0 Å². The van der Waals surface area contributed by atoms with Crippen molar-refractivity contribution in [3.05, 3.63) is 55.9 Å². The summed E-state index contributed by atoms with van der Waals surface area (Å²) in [7, 11) is 0. The van der Waals surface area contributed by atoms with E-state index >= 15 is 0 Å². The molecule has 2 rings (SSSR count). The van der Waals surface area contributed by atoms with Crippen LogP contribution in [0.4, 0.5) is 4.39 Å². The predicted octanol–water partition coefficient (Wildman–Crippen LogP) is 4.98. The molecule has 0 radical (unpaired) electrons. The van der Waals surface area contributed by atoms with Crippen molar-refractivity contribution in [1.29, 1.82) is 0 Å². The minimum Gasteiger partial charge on any atom is -0.486 e. The van der Waals surface area contributed by atoms with Crippen LogP contribution in [-0.2, 0) is 6.61 Å². The molecule has 0 aliphatic carbocycles. The Hall–Kier alpha value is -0.650. The molecule has 0 saturated carbocycles. The molecule has 0 saturated heterocycles. The molecule has 0 aliphatic rings. The van der Waals surface area contributed by atoms with Gasteiger partial charge in [0.05, 0.1) is 15.2 Å². The second-order valence-corrected chi connectivity index (χ2v) is 5.63. The van der Waals surface area contributed by atoms with Crippen molar-refractivity contribution in [2.24, 2.45) is 0 Å². The monoisotopic (exact) mass is 393 g/mol. The first kappa shape index (κ1) is 13.8. The molecule has 0 unspecified atom stereocenters. The second kappa shape index (κ2) is 5.99. The summed E-state index contributed by atoms with van der Waals surface area (Å²) in [6.45, 7) is 0.257. The summed E-state index contributed by atoms with van der Waals surface area (Å²) in [6.07, 6.45) is 1.68. The lowest BCUT2D eigenvalue weighted by Crippen LogP contribution is -1.99. The third-order valence-electron chi connectivity index (χ3n) is 2.14. The third kappa shape index (κ3) is 3.43. The molecule has 94 valence electrons. The van der Waals surface area contributed by atoms with Gasteiger partial charge in [0.1, 0.15) is 18.2 Å². The van der Waals surface area contributed by atoms with Crippen LogP contribution in [0, 0.1) is 5.82 Å². The van der Waals surface area contributed by atoms with E-state index in [1.54, 1.807) is 6.20 Å². The fourth-order valence-corrected chi connectivity index (χ4v) is 2.25. The largest absolute Gasteiger partial charge is 0.486 e. The summed E-state index contributed by atoms with van der Waals surface area (Å²) < 4.78 is 20.3. The zero-order valence-electron chi connectivity index (χ0n) is 8.96. The van der Waals surface area contributed by atoms with Gasteiger partial charge in [-0.1, -0.05) is 11.6 Å². The summed E-state index contributed by atoms with van der Waals surface area (Å²) in [4.78, 5) is 4.16. The highest BCUT2D eigenvalue weighted by molar-refractivity contribution is 9.10. The number of hydrogen-bond donors (Lipinski definition) is 0. The molecule has 0 spiro atoms. The van der Waals surface area contributed by atoms with Crippen LogP contribution >= 0.6 is 43.5 Å². The van der Waals surface area contributed by atoms with E-state index in [0.717, 1.165) is 10.2 Å². The summed E-state index contributed by atoms with van der Waals surface area (Å²) in [5.41, 5.74) is 0.750. The standard InChI is InChI=1S/C12H7Br2ClFNO/c13-7-1-2-8(17-5-7)6-18-12-4-11(16)10(15)3-9(12)14/h1-5H,6H2. The SMILES string of the molecule is Fc1cc(OCc2ccc(Br)cn2)c(Br)cc1Cl. The van der Waals surface area contributed by atoms with Crippen LogP contribution in [-0.4, -0.2) is 4.98 Å². The van der Waals surface area contributed by atoms with Crippen LogP contribution in [0.3, 0.4) is 0 Å². The molecule has 2 aromatic rings. The van der Waals surface area contributed by atoms with E-state index in [1.165, 1.54) is 12.1 Å². The van der Waals surface area contributed by atoms with E-state index in [4.69, 9.17) is 16.3 Å². The van der Waals surface area contributed by atoms with Gasteiger partial charge in [-0.2, -0.15) is 0 Å². The minimum absolute atomic E-state index is 0.0518. The molecule has 0 amide bonds. The van der Waals surface area contributed by atoms with Gasteiger partial charge in [0.2, 0.25) is 0 Å². The summed E-state index contributed by atoms with van der Waals surface area (Å²) in [6, 6.07) is 6.39. The molecule has 0 bridgehead atoms. The molecule has 6 heteroatoms. The molecule has 0 N–H and O–H groups in total. The van der Waals surface area contributed by atoms with E-state index in [2.05, 4.69) is 36.8 Å². The number of benzene rings is 1. The average molecular weight is 395 g/mol. The first-order valence-corrected chi connectivity index (χ1v) is 6.90. The highest BCUT2D eigenvalue weighted by Gasteiger charge is 2.08. The van der Waals surface area contributed by atoms with Gasteiger partial charge in [0.25, 0.3) is 0 Å². The second-order valence-electron chi connectivity index (χ2n) is 3.45. The first-order chi connectivity index (χ1) is 8.56. The number of ether oxygens (including phenoxy) is 1. The predicted molar refractivity (Wildman–Crippen MR) is 75.4 cm³/mol. The Morgan fingerprint density at radius 3 is 2.72 bits per heavy atom. The number of pyridine rings is 1. The first-order valence-electron chi connectivity index (χ1n) is 4.94. The van der Waals surface area contributed by atoms with Gasteiger partial charge < -0.3 is 4.74 Å². The molecule has 2 nitrogen and oxygen atoms in total. The van der Waals surface area contributed by atoms with Crippen LogP contribution < -0.4 is 4.74 Å². The van der Waals surface area contributed by atoms with Gasteiger partial charge in [0.15, 0.2) is 0 Å². The van der Waals surface area contributed by atoms with E-state index in [0.29, 0.717) is 10.2 Å². The normalized spacial score (nSPS) is 10.4. The van der Waals surface area contributed by atoms with Gasteiger partial charge >= 0.3 is 0 Å². The number of hydrogen-bond acceptors (Lipinski definition) is 2. The maximum Gasteiger partial charge on any atom is 0.145 e.